The van der Waals surface area contributed by atoms with Crippen LogP contribution in [0.4, 0.5) is 0 Å². The lowest BCUT2D eigenvalue weighted by Gasteiger charge is -2.19. The Kier molecular flexibility index (Phi) is 4.14. The molecule has 2 N–H and O–H groups in total. The molecule has 2 atom stereocenters. The molecule has 1 aliphatic rings. The van der Waals surface area contributed by atoms with Crippen molar-refractivity contribution in [2.24, 2.45) is 0 Å². The molecule has 4 heteroatoms. The van der Waals surface area contributed by atoms with E-state index >= 15 is 0 Å². The Morgan fingerprint density at radius 2 is 2.25 bits per heavy atom. The highest BCUT2D eigenvalue weighted by atomic mass is 16.5. The third-order valence-corrected chi connectivity index (χ3v) is 3.81. The van der Waals surface area contributed by atoms with Crippen molar-refractivity contribution in [2.75, 3.05) is 6.61 Å². The molecule has 2 heterocycles. The molecule has 1 aromatic heterocycles. The number of nitrogens with zero attached hydrogens (tertiary/aromatic N) is 1. The molecule has 0 unspecified atom stereocenters. The molecule has 0 bridgehead atoms. The van der Waals surface area contributed by atoms with Gasteiger partial charge in [0, 0.05) is 36.6 Å². The van der Waals surface area contributed by atoms with Crippen molar-refractivity contribution in [2.45, 2.75) is 38.5 Å². The quantitative estimate of drug-likeness (QED) is 0.879. The predicted molar refractivity (Wildman–Crippen MR) is 79.3 cm³/mol. The molecular formula is C16H21N3O. The first kappa shape index (κ1) is 13.3. The van der Waals surface area contributed by atoms with Crippen molar-refractivity contribution in [3.8, 4) is 11.4 Å². The number of ether oxygens (including phenoxy) is 1. The van der Waals surface area contributed by atoms with E-state index in [0.29, 0.717) is 12.1 Å². The predicted octanol–water partition coefficient (Wildman–Crippen LogP) is 2.73. The van der Waals surface area contributed by atoms with Gasteiger partial charge in [0.15, 0.2) is 0 Å². The molecule has 1 fully saturated rings. The molecule has 0 aliphatic carbocycles. The second-order valence-corrected chi connectivity index (χ2v) is 5.34. The van der Waals surface area contributed by atoms with Gasteiger partial charge in [0.25, 0.3) is 0 Å². The summed E-state index contributed by atoms with van der Waals surface area (Å²) in [7, 11) is 0. The van der Waals surface area contributed by atoms with Gasteiger partial charge in [-0.3, -0.25) is 0 Å². The molecule has 0 saturated carbocycles. The summed E-state index contributed by atoms with van der Waals surface area (Å²) in [4.78, 5) is 7.80. The van der Waals surface area contributed by atoms with Gasteiger partial charge in [0.2, 0.25) is 0 Å². The van der Waals surface area contributed by atoms with Crippen LogP contribution in [0.5, 0.6) is 0 Å². The summed E-state index contributed by atoms with van der Waals surface area (Å²) in [6, 6.07) is 10.6. The molecule has 20 heavy (non-hydrogen) atoms. The maximum atomic E-state index is 5.69. The monoisotopic (exact) mass is 271 g/mol. The number of imidazole rings is 1. The first-order valence-electron chi connectivity index (χ1n) is 7.27. The number of aromatic nitrogens is 2. The third kappa shape index (κ3) is 3.08. The summed E-state index contributed by atoms with van der Waals surface area (Å²) in [5.41, 5.74) is 2.22. The van der Waals surface area contributed by atoms with Crippen molar-refractivity contribution in [3.63, 3.8) is 0 Å². The highest BCUT2D eigenvalue weighted by Gasteiger charge is 2.21. The average molecular weight is 271 g/mol. The van der Waals surface area contributed by atoms with Gasteiger partial charge >= 0.3 is 0 Å². The van der Waals surface area contributed by atoms with Gasteiger partial charge in [-0.25, -0.2) is 4.98 Å². The second kappa shape index (κ2) is 6.20. The molecule has 0 spiro atoms. The van der Waals surface area contributed by atoms with Crippen molar-refractivity contribution in [3.05, 3.63) is 42.2 Å². The van der Waals surface area contributed by atoms with E-state index in [1.165, 1.54) is 6.42 Å². The number of hydrogen-bond acceptors (Lipinski definition) is 3. The van der Waals surface area contributed by atoms with E-state index in [-0.39, 0.29) is 0 Å². The van der Waals surface area contributed by atoms with Crippen LogP contribution in [0.3, 0.4) is 0 Å². The van der Waals surface area contributed by atoms with Crippen LogP contribution in [-0.4, -0.2) is 28.7 Å². The lowest BCUT2D eigenvalue weighted by Crippen LogP contribution is -2.36. The summed E-state index contributed by atoms with van der Waals surface area (Å²) in [5, 5.41) is 3.51. The first-order chi connectivity index (χ1) is 9.83. The van der Waals surface area contributed by atoms with E-state index < -0.39 is 0 Å². The van der Waals surface area contributed by atoms with E-state index in [1.54, 1.807) is 0 Å². The first-order valence-corrected chi connectivity index (χ1v) is 7.27. The summed E-state index contributed by atoms with van der Waals surface area (Å²) < 4.78 is 5.69. The number of aromatic amines is 1. The summed E-state index contributed by atoms with van der Waals surface area (Å²) in [5.74, 6) is 0.923. The fourth-order valence-electron chi connectivity index (χ4n) is 2.59. The molecule has 4 nitrogen and oxygen atoms in total. The number of nitrogens with one attached hydrogen (secondary N) is 2. The maximum Gasteiger partial charge on any atom is 0.137 e. The van der Waals surface area contributed by atoms with Gasteiger partial charge in [0.1, 0.15) is 5.82 Å². The van der Waals surface area contributed by atoms with Crippen LogP contribution in [0.1, 0.15) is 25.5 Å². The number of benzene rings is 1. The molecule has 1 aromatic carbocycles. The number of H-pyrrole nitrogens is 1. The molecule has 2 aromatic rings. The van der Waals surface area contributed by atoms with Crippen molar-refractivity contribution in [1.82, 2.24) is 15.3 Å². The van der Waals surface area contributed by atoms with Gasteiger partial charge in [0.05, 0.1) is 6.10 Å². The van der Waals surface area contributed by atoms with Crippen LogP contribution in [-0.2, 0) is 11.3 Å². The van der Waals surface area contributed by atoms with Crippen LogP contribution in [0, 0.1) is 0 Å². The minimum Gasteiger partial charge on any atom is -0.377 e. The smallest absolute Gasteiger partial charge is 0.137 e. The molecule has 1 saturated heterocycles. The van der Waals surface area contributed by atoms with E-state index in [0.717, 1.165) is 36.7 Å². The molecule has 1 aliphatic heterocycles. The number of hydrogen-bond donors (Lipinski definition) is 2. The van der Waals surface area contributed by atoms with Crippen molar-refractivity contribution >= 4 is 0 Å². The van der Waals surface area contributed by atoms with E-state index in [1.807, 2.05) is 24.4 Å². The SMILES string of the molecule is C[C@H](NCc1cnc(-c2ccccc2)[nH]1)[C@H]1CCCO1. The zero-order valence-corrected chi connectivity index (χ0v) is 11.8. The van der Waals surface area contributed by atoms with Crippen molar-refractivity contribution in [1.29, 1.82) is 0 Å². The molecule has 0 amide bonds. The summed E-state index contributed by atoms with van der Waals surface area (Å²) >= 11 is 0. The summed E-state index contributed by atoms with van der Waals surface area (Å²) in [6.45, 7) is 3.88. The molecule has 0 radical (unpaired) electrons. The molecular weight excluding hydrogens is 250 g/mol. The lowest BCUT2D eigenvalue weighted by molar-refractivity contribution is 0.0831. The van der Waals surface area contributed by atoms with E-state index in [2.05, 4.69) is 34.3 Å². The zero-order chi connectivity index (χ0) is 13.8. The third-order valence-electron chi connectivity index (χ3n) is 3.81. The van der Waals surface area contributed by atoms with Crippen LogP contribution in [0.25, 0.3) is 11.4 Å². The minimum atomic E-state index is 0.353. The average Bonchev–Trinajstić information content (AvgIpc) is 3.17. The van der Waals surface area contributed by atoms with Gasteiger partial charge in [-0.05, 0) is 19.8 Å². The van der Waals surface area contributed by atoms with E-state index in [4.69, 9.17) is 4.74 Å². The Bertz CT molecular complexity index is 532. The van der Waals surface area contributed by atoms with Gasteiger partial charge in [-0.2, -0.15) is 0 Å². The van der Waals surface area contributed by atoms with Crippen LogP contribution < -0.4 is 5.32 Å². The second-order valence-electron chi connectivity index (χ2n) is 5.34. The van der Waals surface area contributed by atoms with Gasteiger partial charge in [-0.1, -0.05) is 30.3 Å². The molecule has 106 valence electrons. The Hall–Kier alpha value is -1.65. The Labute approximate surface area is 119 Å². The fraction of sp³-hybridized carbons (Fsp3) is 0.438. The normalized spacial score (nSPS) is 20.1. The Balaban J connectivity index is 1.57. The standard InChI is InChI=1S/C16H21N3O/c1-12(15-8-5-9-20-15)17-10-14-11-18-16(19-14)13-6-3-2-4-7-13/h2-4,6-7,11-12,15,17H,5,8-10H2,1H3,(H,18,19)/t12-,15+/m0/s1. The number of rotatable bonds is 5. The summed E-state index contributed by atoms with van der Waals surface area (Å²) in [6.07, 6.45) is 4.59. The van der Waals surface area contributed by atoms with Crippen LogP contribution >= 0.6 is 0 Å². The highest BCUT2D eigenvalue weighted by molar-refractivity contribution is 5.54. The van der Waals surface area contributed by atoms with Gasteiger partial charge in [-0.15, -0.1) is 0 Å². The van der Waals surface area contributed by atoms with Crippen LogP contribution in [0.15, 0.2) is 36.5 Å². The van der Waals surface area contributed by atoms with Gasteiger partial charge < -0.3 is 15.0 Å². The lowest BCUT2D eigenvalue weighted by atomic mass is 10.1. The Morgan fingerprint density at radius 1 is 1.40 bits per heavy atom. The highest BCUT2D eigenvalue weighted by Crippen LogP contribution is 2.17. The topological polar surface area (TPSA) is 49.9 Å². The molecule has 3 rings (SSSR count). The van der Waals surface area contributed by atoms with Crippen LogP contribution in [0.2, 0.25) is 0 Å². The minimum absolute atomic E-state index is 0.353. The van der Waals surface area contributed by atoms with E-state index in [9.17, 15) is 0 Å². The fourth-order valence-corrected chi connectivity index (χ4v) is 2.59. The zero-order valence-electron chi connectivity index (χ0n) is 11.8. The maximum absolute atomic E-state index is 5.69. The Morgan fingerprint density at radius 3 is 3.00 bits per heavy atom. The largest absolute Gasteiger partial charge is 0.377 e. The van der Waals surface area contributed by atoms with Crippen molar-refractivity contribution < 1.29 is 4.74 Å².